The highest BCUT2D eigenvalue weighted by Gasteiger charge is 2.64. The van der Waals surface area contributed by atoms with E-state index in [2.05, 4.69) is 36.0 Å². The molecule has 2 N–H and O–H groups in total. The van der Waals surface area contributed by atoms with E-state index in [1.807, 2.05) is 19.1 Å². The topological polar surface area (TPSA) is 62.2 Å². The first kappa shape index (κ1) is 17.2. The van der Waals surface area contributed by atoms with Crippen molar-refractivity contribution in [2.45, 2.75) is 43.4 Å². The van der Waals surface area contributed by atoms with Gasteiger partial charge in [0.25, 0.3) is 0 Å². The molecule has 1 saturated heterocycles. The van der Waals surface area contributed by atoms with Crippen molar-refractivity contribution in [3.63, 3.8) is 0 Å². The van der Waals surface area contributed by atoms with Gasteiger partial charge < -0.3 is 19.5 Å². The summed E-state index contributed by atoms with van der Waals surface area (Å²) in [7, 11) is 2.22. The van der Waals surface area contributed by atoms with Crippen LogP contribution in [0.2, 0.25) is 0 Å². The third-order valence-electron chi connectivity index (χ3n) is 6.43. The highest BCUT2D eigenvalue weighted by molar-refractivity contribution is 6.04. The minimum atomic E-state index is -0.539. The van der Waals surface area contributed by atoms with Crippen molar-refractivity contribution < 1.29 is 19.2 Å². The Hall–Kier alpha value is -1.27. The number of likely N-dealkylation sites (tertiary alicyclic amines) is 1. The first-order chi connectivity index (χ1) is 12.2. The van der Waals surface area contributed by atoms with Crippen LogP contribution < -0.4 is 9.47 Å². The Labute approximate surface area is 153 Å². The number of benzene rings is 1. The molecule has 5 rings (SSSR count). The van der Waals surface area contributed by atoms with Crippen LogP contribution in [0.3, 0.4) is 0 Å². The normalized spacial score (nSPS) is 36.8. The molecule has 0 saturated carbocycles. The smallest absolute Gasteiger partial charge is 0.165 e. The van der Waals surface area contributed by atoms with Crippen molar-refractivity contribution in [1.82, 2.24) is 4.90 Å². The Bertz CT molecular complexity index is 709. The fourth-order valence-corrected chi connectivity index (χ4v) is 5.50. The van der Waals surface area contributed by atoms with Gasteiger partial charge in [0, 0.05) is 22.9 Å². The van der Waals surface area contributed by atoms with Crippen LogP contribution in [0.15, 0.2) is 24.3 Å². The summed E-state index contributed by atoms with van der Waals surface area (Å²) in [5.41, 5.74) is 2.62. The Morgan fingerprint density at radius 1 is 1.36 bits per heavy atom. The number of hydrogen-bond acceptors (Lipinski definition) is 5. The molecule has 1 spiro atoms. The largest absolute Gasteiger partial charge is 0.490 e. The van der Waals surface area contributed by atoms with E-state index < -0.39 is 6.10 Å². The minimum Gasteiger partial charge on any atom is -0.490 e. The molecule has 0 amide bonds. The van der Waals surface area contributed by atoms with E-state index in [1.165, 1.54) is 11.1 Å². The van der Waals surface area contributed by atoms with Crippen LogP contribution in [0.5, 0.6) is 11.5 Å². The number of ether oxygens (including phenoxy) is 2. The minimum absolute atomic E-state index is 0.0820. The summed E-state index contributed by atoms with van der Waals surface area (Å²) in [4.78, 5) is 2.48. The molecule has 0 radical (unpaired) electrons. The highest BCUT2D eigenvalue weighted by atomic mass is 35.5. The molecule has 1 fully saturated rings. The number of hydrogen-bond donors (Lipinski definition) is 2. The molecule has 0 unspecified atom stereocenters. The van der Waals surface area contributed by atoms with Gasteiger partial charge in [-0.05, 0) is 45.0 Å². The van der Waals surface area contributed by atoms with Gasteiger partial charge in [0.2, 0.25) is 0 Å². The molecular weight excluding hydrogens is 342 g/mol. The van der Waals surface area contributed by atoms with Crippen LogP contribution in [0.25, 0.3) is 0 Å². The lowest BCUT2D eigenvalue weighted by Crippen LogP contribution is -2.64. The van der Waals surface area contributed by atoms with Gasteiger partial charge in [0.1, 0.15) is 12.2 Å². The molecule has 5 atom stereocenters. The average Bonchev–Trinajstić information content (AvgIpc) is 2.99. The molecule has 2 aliphatic carbocycles. The molecule has 5 nitrogen and oxygen atoms in total. The second-order valence-electron chi connectivity index (χ2n) is 7.34. The van der Waals surface area contributed by atoms with Gasteiger partial charge in [-0.1, -0.05) is 18.2 Å². The molecule has 4 aliphatic rings. The van der Waals surface area contributed by atoms with Crippen LogP contribution in [0, 0.1) is 5.92 Å². The zero-order chi connectivity index (χ0) is 17.8. The zero-order valence-corrected chi connectivity index (χ0v) is 15.2. The predicted octanol–water partition coefficient (Wildman–Crippen LogP) is 2.02. The van der Waals surface area contributed by atoms with Crippen molar-refractivity contribution in [2.24, 2.45) is 5.92 Å². The van der Waals surface area contributed by atoms with Crippen LogP contribution >= 0.6 is 11.9 Å². The molecular formula is C19H24ClNO4. The van der Waals surface area contributed by atoms with Gasteiger partial charge in [-0.25, -0.2) is 0 Å². The van der Waals surface area contributed by atoms with Gasteiger partial charge in [-0.3, -0.25) is 4.66 Å². The number of piperidine rings is 1. The molecule has 0 aromatic heterocycles. The molecule has 2 aliphatic heterocycles. The number of aliphatic hydroxyl groups is 1. The summed E-state index contributed by atoms with van der Waals surface area (Å²) in [6.45, 7) is 3.68. The van der Waals surface area contributed by atoms with Crippen LogP contribution in [0.1, 0.15) is 24.5 Å². The number of nitrogens with zero attached hydrogens (tertiary/aromatic N) is 1. The van der Waals surface area contributed by atoms with Gasteiger partial charge in [-0.2, -0.15) is 0 Å². The van der Waals surface area contributed by atoms with E-state index in [-0.39, 0.29) is 11.5 Å². The van der Waals surface area contributed by atoms with Gasteiger partial charge >= 0.3 is 0 Å². The fourth-order valence-electron chi connectivity index (χ4n) is 5.50. The summed E-state index contributed by atoms with van der Waals surface area (Å²) in [6.07, 6.45) is 5.56. The first-order valence-electron chi connectivity index (χ1n) is 8.86. The van der Waals surface area contributed by atoms with Crippen molar-refractivity contribution in [3.05, 3.63) is 35.4 Å². The maximum atomic E-state index is 10.6. The standard InChI is InChI=1S/C19H23NO3.ClHO/c1-3-22-15-7-4-11-10-13-12-5-6-14(21)18-19(12,8-9-20(13)2)16(11)17(15)23-18;1-2/h4-7,12-14,18,21H,3,8-10H2,1-2H3;2H/t12-,13+,14-,18-,19-;/m0./s1. The second kappa shape index (κ2) is 6.16. The van der Waals surface area contributed by atoms with Crippen LogP contribution in [-0.2, 0) is 11.8 Å². The fraction of sp³-hybridized carbons (Fsp3) is 0.579. The average molecular weight is 366 g/mol. The first-order valence-corrected chi connectivity index (χ1v) is 9.20. The van der Waals surface area contributed by atoms with Crippen molar-refractivity contribution in [2.75, 3.05) is 20.2 Å². The monoisotopic (exact) mass is 365 g/mol. The molecule has 25 heavy (non-hydrogen) atoms. The van der Waals surface area contributed by atoms with Crippen molar-refractivity contribution >= 4 is 11.9 Å². The van der Waals surface area contributed by atoms with E-state index in [9.17, 15) is 5.11 Å². The molecule has 6 heteroatoms. The van der Waals surface area contributed by atoms with Crippen molar-refractivity contribution in [1.29, 1.82) is 0 Å². The highest BCUT2D eigenvalue weighted by Crippen LogP contribution is 2.62. The second-order valence-corrected chi connectivity index (χ2v) is 7.34. The third-order valence-corrected chi connectivity index (χ3v) is 6.43. The quantitative estimate of drug-likeness (QED) is 0.785. The van der Waals surface area contributed by atoms with Gasteiger partial charge in [0.15, 0.2) is 11.5 Å². The van der Waals surface area contributed by atoms with Gasteiger partial charge in [0.05, 0.1) is 18.5 Å². The number of aliphatic hydroxyl groups excluding tert-OH is 1. The van der Waals surface area contributed by atoms with Crippen LogP contribution in [-0.4, -0.2) is 53.1 Å². The molecule has 136 valence electrons. The summed E-state index contributed by atoms with van der Waals surface area (Å²) < 4.78 is 18.7. The lowest BCUT2D eigenvalue weighted by atomic mass is 9.53. The summed E-state index contributed by atoms with van der Waals surface area (Å²) in [5.74, 6) is 2.14. The predicted molar refractivity (Wildman–Crippen MR) is 95.2 cm³/mol. The summed E-state index contributed by atoms with van der Waals surface area (Å²) in [6, 6.07) is 4.75. The lowest BCUT2D eigenvalue weighted by molar-refractivity contribution is -0.0453. The van der Waals surface area contributed by atoms with Crippen LogP contribution in [0.4, 0.5) is 0 Å². The van der Waals surface area contributed by atoms with E-state index in [1.54, 1.807) is 0 Å². The number of halogens is 1. The number of rotatable bonds is 2. The van der Waals surface area contributed by atoms with Crippen molar-refractivity contribution in [3.8, 4) is 11.5 Å². The Kier molecular flexibility index (Phi) is 4.23. The maximum absolute atomic E-state index is 10.6. The SMILES string of the molecule is CCOc1ccc2c3c1O[C@H]1[C@@H](O)C=C[C@H]4[C@@H](C2)N(C)CC[C@@]341.OCl. The molecule has 2 bridgehead atoms. The van der Waals surface area contributed by atoms with E-state index >= 15 is 0 Å². The zero-order valence-electron chi connectivity index (χ0n) is 14.5. The van der Waals surface area contributed by atoms with Gasteiger partial charge in [-0.15, -0.1) is 0 Å². The molecule has 1 aromatic carbocycles. The van der Waals surface area contributed by atoms with E-state index in [0.717, 1.165) is 30.9 Å². The number of likely N-dealkylation sites (N-methyl/N-ethyl adjacent to an activating group) is 1. The lowest BCUT2D eigenvalue weighted by Gasteiger charge is -2.56. The third kappa shape index (κ3) is 2.13. The Balaban J connectivity index is 0.000000758. The summed E-state index contributed by atoms with van der Waals surface area (Å²) in [5, 5.41) is 10.6. The van der Waals surface area contributed by atoms with E-state index in [0.29, 0.717) is 18.6 Å². The summed E-state index contributed by atoms with van der Waals surface area (Å²) >= 11 is 3.64. The van der Waals surface area contributed by atoms with E-state index in [4.69, 9.17) is 14.1 Å². The molecule has 1 aromatic rings. The molecule has 2 heterocycles. The Morgan fingerprint density at radius 3 is 2.92 bits per heavy atom. The Morgan fingerprint density at radius 2 is 2.16 bits per heavy atom. The maximum Gasteiger partial charge on any atom is 0.165 e.